The zero-order chi connectivity index (χ0) is 26.0. The average Bonchev–Trinajstić information content (AvgIpc) is 3.24. The van der Waals surface area contributed by atoms with Crippen LogP contribution in [-0.2, 0) is 35.7 Å². The molecule has 2 fully saturated rings. The molecule has 2 aliphatic rings. The molecule has 0 bridgehead atoms. The largest absolute Gasteiger partial charge is 0.481 e. The number of carboxylic acids is 1. The minimum absolute atomic E-state index is 0.0263. The van der Waals surface area contributed by atoms with Gasteiger partial charge in [0.25, 0.3) is 10.0 Å². The molecule has 0 radical (unpaired) electrons. The number of nitrogens with zero attached hydrogens (tertiary/aromatic N) is 3. The predicted molar refractivity (Wildman–Crippen MR) is 128 cm³/mol. The van der Waals surface area contributed by atoms with Gasteiger partial charge >= 0.3 is 5.97 Å². The van der Waals surface area contributed by atoms with Gasteiger partial charge in [0, 0.05) is 26.1 Å². The van der Waals surface area contributed by atoms with Gasteiger partial charge in [-0.15, -0.1) is 0 Å². The number of benzene rings is 2. The van der Waals surface area contributed by atoms with Gasteiger partial charge in [-0.1, -0.05) is 48.0 Å². The maximum Gasteiger partial charge on any atom is 0.305 e. The van der Waals surface area contributed by atoms with Gasteiger partial charge in [0.1, 0.15) is 12.1 Å². The molecule has 11 heteroatoms. The van der Waals surface area contributed by atoms with Crippen LogP contribution in [0.2, 0.25) is 0 Å². The molecule has 2 aromatic rings. The summed E-state index contributed by atoms with van der Waals surface area (Å²) in [6.45, 7) is 2.23. The first-order valence-corrected chi connectivity index (χ1v) is 13.0. The number of carbonyl (C=O) groups is 4. The summed E-state index contributed by atoms with van der Waals surface area (Å²) < 4.78 is 27.2. The number of carbonyl (C=O) groups excluding carboxylic acids is 3. The second kappa shape index (κ2) is 10.1. The molecule has 36 heavy (non-hydrogen) atoms. The molecular weight excluding hydrogens is 486 g/mol. The summed E-state index contributed by atoms with van der Waals surface area (Å²) in [5, 5.41) is 9.45. The Hall–Kier alpha value is -3.73. The van der Waals surface area contributed by atoms with E-state index in [0.717, 1.165) is 16.0 Å². The first kappa shape index (κ1) is 25.4. The first-order valence-electron chi connectivity index (χ1n) is 11.6. The van der Waals surface area contributed by atoms with Crippen molar-refractivity contribution in [3.8, 4) is 0 Å². The molecule has 0 spiro atoms. The topological polar surface area (TPSA) is 132 Å². The number of carboxylic acid groups (broad SMARTS) is 1. The molecule has 0 aliphatic carbocycles. The molecule has 0 aromatic heterocycles. The molecule has 1 unspecified atom stereocenters. The molecule has 1 N–H and O–H groups in total. The summed E-state index contributed by atoms with van der Waals surface area (Å²) >= 11 is 0. The highest BCUT2D eigenvalue weighted by Gasteiger charge is 2.48. The smallest absolute Gasteiger partial charge is 0.305 e. The highest BCUT2D eigenvalue weighted by molar-refractivity contribution is 7.89. The van der Waals surface area contributed by atoms with E-state index in [0.29, 0.717) is 4.31 Å². The third kappa shape index (κ3) is 4.97. The fraction of sp³-hybridized carbons (Fsp3) is 0.360. The Balaban J connectivity index is 1.60. The van der Waals surface area contributed by atoms with Crippen molar-refractivity contribution in [1.82, 2.24) is 14.1 Å². The summed E-state index contributed by atoms with van der Waals surface area (Å²) in [5.41, 5.74) is 1.69. The third-order valence-electron chi connectivity index (χ3n) is 6.47. The van der Waals surface area contributed by atoms with Crippen LogP contribution in [0.3, 0.4) is 0 Å². The number of amides is 3. The van der Waals surface area contributed by atoms with Crippen LogP contribution in [0.5, 0.6) is 0 Å². The van der Waals surface area contributed by atoms with Crippen LogP contribution in [0.4, 0.5) is 0 Å². The van der Waals surface area contributed by atoms with Crippen molar-refractivity contribution in [2.24, 2.45) is 0 Å². The molecule has 0 saturated carbocycles. The van der Waals surface area contributed by atoms with E-state index in [1.165, 1.54) is 17.0 Å². The number of hydrogen-bond donors (Lipinski definition) is 1. The number of aliphatic carboxylic acids is 1. The predicted octanol–water partition coefficient (Wildman–Crippen LogP) is 1.39. The van der Waals surface area contributed by atoms with E-state index in [1.807, 2.05) is 30.3 Å². The van der Waals surface area contributed by atoms with Crippen LogP contribution in [0.25, 0.3) is 0 Å². The van der Waals surface area contributed by atoms with Gasteiger partial charge in [-0.2, -0.15) is 0 Å². The molecule has 2 aliphatic heterocycles. The van der Waals surface area contributed by atoms with Crippen molar-refractivity contribution in [2.45, 2.75) is 49.7 Å². The van der Waals surface area contributed by atoms with Crippen molar-refractivity contribution in [3.63, 3.8) is 0 Å². The van der Waals surface area contributed by atoms with Crippen molar-refractivity contribution >= 4 is 33.7 Å². The van der Waals surface area contributed by atoms with Gasteiger partial charge < -0.3 is 14.9 Å². The molecule has 2 aromatic carbocycles. The molecule has 4 rings (SSSR count). The van der Waals surface area contributed by atoms with Gasteiger partial charge in [-0.25, -0.2) is 12.7 Å². The second-order valence-corrected chi connectivity index (χ2v) is 10.8. The molecule has 2 atom stereocenters. The minimum Gasteiger partial charge on any atom is -0.481 e. The Bertz CT molecular complexity index is 1280. The summed E-state index contributed by atoms with van der Waals surface area (Å²) in [5.74, 6) is -3.24. The second-order valence-electron chi connectivity index (χ2n) is 8.95. The van der Waals surface area contributed by atoms with Crippen molar-refractivity contribution < 1.29 is 32.7 Å². The monoisotopic (exact) mass is 513 g/mol. The van der Waals surface area contributed by atoms with Crippen LogP contribution in [0, 0.1) is 6.92 Å². The molecular formula is C25H27N3O7S. The minimum atomic E-state index is -4.32. The number of sulfonamides is 1. The lowest BCUT2D eigenvalue weighted by molar-refractivity contribution is -0.157. The zero-order valence-electron chi connectivity index (χ0n) is 19.7. The van der Waals surface area contributed by atoms with E-state index in [1.54, 1.807) is 19.1 Å². The van der Waals surface area contributed by atoms with E-state index in [-0.39, 0.29) is 37.4 Å². The Kier molecular flexibility index (Phi) is 7.11. The number of aryl methyl sites for hydroxylation is 1. The summed E-state index contributed by atoms with van der Waals surface area (Å²) in [4.78, 5) is 53.6. The maximum atomic E-state index is 13.6. The van der Waals surface area contributed by atoms with Gasteiger partial charge in [-0.05, 0) is 31.0 Å². The highest BCUT2D eigenvalue weighted by atomic mass is 32.2. The molecule has 190 valence electrons. The van der Waals surface area contributed by atoms with E-state index in [2.05, 4.69) is 0 Å². The normalized spacial score (nSPS) is 20.6. The lowest BCUT2D eigenvalue weighted by Crippen LogP contribution is -2.62. The molecule has 10 nitrogen and oxygen atoms in total. The number of piperazine rings is 1. The van der Waals surface area contributed by atoms with Crippen LogP contribution >= 0.6 is 0 Å². The van der Waals surface area contributed by atoms with Gasteiger partial charge in [0.05, 0.1) is 11.3 Å². The van der Waals surface area contributed by atoms with Crippen LogP contribution in [0.15, 0.2) is 59.5 Å². The maximum absolute atomic E-state index is 13.6. The van der Waals surface area contributed by atoms with E-state index in [4.69, 9.17) is 0 Å². The average molecular weight is 514 g/mol. The Labute approximate surface area is 209 Å². The van der Waals surface area contributed by atoms with Gasteiger partial charge in [-0.3, -0.25) is 19.2 Å². The Morgan fingerprint density at radius 2 is 1.67 bits per heavy atom. The van der Waals surface area contributed by atoms with Gasteiger partial charge in [0.15, 0.2) is 0 Å². The summed E-state index contributed by atoms with van der Waals surface area (Å²) in [6, 6.07) is 12.5. The summed E-state index contributed by atoms with van der Waals surface area (Å²) in [7, 11) is -4.32. The highest BCUT2D eigenvalue weighted by Crippen LogP contribution is 2.30. The van der Waals surface area contributed by atoms with E-state index >= 15 is 0 Å². The SMILES string of the molecule is Cc1ccc(S(=O)(=O)N2C(=O)CC[C@H]2C(=O)N2CCN(Cc3ccccc3)C(=O)C2CC(=O)O)cc1. The van der Waals surface area contributed by atoms with Crippen molar-refractivity contribution in [3.05, 3.63) is 65.7 Å². The summed E-state index contributed by atoms with van der Waals surface area (Å²) in [6.07, 6.45) is -0.810. The lowest BCUT2D eigenvalue weighted by Gasteiger charge is -2.41. The number of rotatable bonds is 7. The van der Waals surface area contributed by atoms with Crippen molar-refractivity contribution in [1.29, 1.82) is 0 Å². The first-order chi connectivity index (χ1) is 17.1. The van der Waals surface area contributed by atoms with Crippen LogP contribution in [-0.4, -0.2) is 76.5 Å². The van der Waals surface area contributed by atoms with Crippen molar-refractivity contribution in [2.75, 3.05) is 13.1 Å². The quantitative estimate of drug-likeness (QED) is 0.592. The van der Waals surface area contributed by atoms with E-state index < -0.39 is 52.2 Å². The molecule has 2 saturated heterocycles. The lowest BCUT2D eigenvalue weighted by atomic mass is 10.0. The van der Waals surface area contributed by atoms with Gasteiger partial charge in [0.2, 0.25) is 17.7 Å². The number of hydrogen-bond acceptors (Lipinski definition) is 6. The molecule has 3 amide bonds. The third-order valence-corrected chi connectivity index (χ3v) is 8.32. The fourth-order valence-corrected chi connectivity index (χ4v) is 6.23. The van der Waals surface area contributed by atoms with Crippen LogP contribution in [0.1, 0.15) is 30.4 Å². The van der Waals surface area contributed by atoms with E-state index in [9.17, 15) is 32.7 Å². The molecule has 2 heterocycles. The fourth-order valence-electron chi connectivity index (χ4n) is 4.63. The standard InChI is InChI=1S/C25H27N3O7S/c1-17-7-9-19(10-8-17)36(34,35)28-20(11-12-22(28)29)25(33)27-14-13-26(16-18-5-3-2-4-6-18)24(32)21(27)15-23(30)31/h2-10,20-21H,11-16H2,1H3,(H,30,31)/t20-,21?/m0/s1. The Morgan fingerprint density at radius 1 is 1.00 bits per heavy atom. The zero-order valence-corrected chi connectivity index (χ0v) is 20.6. The Morgan fingerprint density at radius 3 is 2.31 bits per heavy atom. The van der Waals surface area contributed by atoms with Crippen LogP contribution < -0.4 is 0 Å².